The van der Waals surface area contributed by atoms with Crippen molar-refractivity contribution in [3.63, 3.8) is 0 Å². The highest BCUT2D eigenvalue weighted by Gasteiger charge is 1.98. The molecule has 0 spiro atoms. The molecule has 2 rings (SSSR count). The highest BCUT2D eigenvalue weighted by Crippen LogP contribution is 2.15. The van der Waals surface area contributed by atoms with Gasteiger partial charge in [-0.25, -0.2) is 0 Å². The average Bonchev–Trinajstić information content (AvgIpc) is 2.75. The Hall–Kier alpha value is -1.52. The minimum absolute atomic E-state index is 0.100. The van der Waals surface area contributed by atoms with Gasteiger partial charge in [0.15, 0.2) is 0 Å². The summed E-state index contributed by atoms with van der Waals surface area (Å²) in [5.74, 6) is 0. The Morgan fingerprint density at radius 1 is 1.41 bits per heavy atom. The Labute approximate surface area is 105 Å². The van der Waals surface area contributed by atoms with E-state index in [1.165, 1.54) is 0 Å². The first-order valence-corrected chi connectivity index (χ1v) is 5.77. The standard InChI is InChI=1S/C12H14ClN3O/c13-11-2-1-3-12(6-11)14-7-10-8-15-16(9-10)4-5-17/h1-3,6,8-9,14,17H,4-5,7H2. The fourth-order valence-corrected chi connectivity index (χ4v) is 1.72. The van der Waals surface area contributed by atoms with Crippen LogP contribution in [-0.4, -0.2) is 21.5 Å². The third-order valence-electron chi connectivity index (χ3n) is 2.34. The van der Waals surface area contributed by atoms with E-state index in [1.807, 2.05) is 30.5 Å². The number of anilines is 1. The maximum absolute atomic E-state index is 8.78. The summed E-state index contributed by atoms with van der Waals surface area (Å²) in [7, 11) is 0. The molecule has 0 saturated heterocycles. The van der Waals surface area contributed by atoms with E-state index in [4.69, 9.17) is 16.7 Å². The number of nitrogens with zero attached hydrogens (tertiary/aromatic N) is 2. The second kappa shape index (κ2) is 5.70. The van der Waals surface area contributed by atoms with Gasteiger partial charge in [0.25, 0.3) is 0 Å². The first kappa shape index (κ1) is 12.0. The minimum Gasteiger partial charge on any atom is -0.394 e. The molecule has 0 bridgehead atoms. The van der Waals surface area contributed by atoms with Crippen LogP contribution in [0.5, 0.6) is 0 Å². The zero-order valence-electron chi connectivity index (χ0n) is 9.31. The summed E-state index contributed by atoms with van der Waals surface area (Å²) < 4.78 is 1.72. The van der Waals surface area contributed by atoms with Gasteiger partial charge in [-0.2, -0.15) is 5.10 Å². The van der Waals surface area contributed by atoms with E-state index < -0.39 is 0 Å². The molecule has 1 aromatic heterocycles. The highest BCUT2D eigenvalue weighted by atomic mass is 35.5. The molecule has 17 heavy (non-hydrogen) atoms. The third kappa shape index (κ3) is 3.47. The summed E-state index contributed by atoms with van der Waals surface area (Å²) in [4.78, 5) is 0. The number of aliphatic hydroxyl groups excluding tert-OH is 1. The first-order valence-electron chi connectivity index (χ1n) is 5.39. The topological polar surface area (TPSA) is 50.1 Å². The number of aromatic nitrogens is 2. The van der Waals surface area contributed by atoms with Crippen LogP contribution in [0, 0.1) is 0 Å². The Morgan fingerprint density at radius 3 is 3.06 bits per heavy atom. The lowest BCUT2D eigenvalue weighted by Gasteiger charge is -2.04. The minimum atomic E-state index is 0.100. The lowest BCUT2D eigenvalue weighted by Crippen LogP contribution is -2.02. The largest absolute Gasteiger partial charge is 0.394 e. The molecule has 0 aliphatic rings. The molecular formula is C12H14ClN3O. The number of halogens is 1. The van der Waals surface area contributed by atoms with Gasteiger partial charge < -0.3 is 10.4 Å². The zero-order chi connectivity index (χ0) is 12.1. The van der Waals surface area contributed by atoms with Crippen molar-refractivity contribution in [2.24, 2.45) is 0 Å². The lowest BCUT2D eigenvalue weighted by molar-refractivity contribution is 0.269. The maximum atomic E-state index is 8.78. The van der Waals surface area contributed by atoms with Gasteiger partial charge in [-0.1, -0.05) is 17.7 Å². The molecule has 0 unspecified atom stereocenters. The fraction of sp³-hybridized carbons (Fsp3) is 0.250. The Balaban J connectivity index is 1.93. The Bertz CT molecular complexity index is 484. The SMILES string of the molecule is OCCn1cc(CNc2cccc(Cl)c2)cn1. The van der Waals surface area contributed by atoms with Crippen LogP contribution in [0.2, 0.25) is 5.02 Å². The summed E-state index contributed by atoms with van der Waals surface area (Å²) in [5.41, 5.74) is 2.05. The van der Waals surface area contributed by atoms with Crippen molar-refractivity contribution in [2.45, 2.75) is 13.1 Å². The molecule has 0 aliphatic carbocycles. The molecule has 4 nitrogen and oxygen atoms in total. The molecule has 5 heteroatoms. The summed E-state index contributed by atoms with van der Waals surface area (Å²) in [6.45, 7) is 1.31. The monoisotopic (exact) mass is 251 g/mol. The van der Waals surface area contributed by atoms with E-state index in [2.05, 4.69) is 10.4 Å². The summed E-state index contributed by atoms with van der Waals surface area (Å²) in [5, 5.41) is 16.9. The Kier molecular flexibility index (Phi) is 4.01. The molecule has 90 valence electrons. The van der Waals surface area contributed by atoms with Gasteiger partial charge in [-0.15, -0.1) is 0 Å². The van der Waals surface area contributed by atoms with Crippen LogP contribution in [0.4, 0.5) is 5.69 Å². The van der Waals surface area contributed by atoms with Gasteiger partial charge in [0, 0.05) is 29.0 Å². The molecular weight excluding hydrogens is 238 g/mol. The molecule has 2 aromatic rings. The Morgan fingerprint density at radius 2 is 2.29 bits per heavy atom. The molecule has 1 heterocycles. The van der Waals surface area contributed by atoms with Gasteiger partial charge in [0.2, 0.25) is 0 Å². The van der Waals surface area contributed by atoms with E-state index in [-0.39, 0.29) is 6.61 Å². The van der Waals surface area contributed by atoms with Crippen LogP contribution in [0.3, 0.4) is 0 Å². The number of aliphatic hydroxyl groups is 1. The van der Waals surface area contributed by atoms with E-state index in [1.54, 1.807) is 10.9 Å². The summed E-state index contributed by atoms with van der Waals surface area (Å²) in [6.07, 6.45) is 3.70. The molecule has 0 amide bonds. The molecule has 1 aromatic carbocycles. The van der Waals surface area contributed by atoms with Crippen LogP contribution in [-0.2, 0) is 13.1 Å². The van der Waals surface area contributed by atoms with Crippen molar-refractivity contribution in [3.05, 3.63) is 47.2 Å². The van der Waals surface area contributed by atoms with Crippen LogP contribution < -0.4 is 5.32 Å². The summed E-state index contributed by atoms with van der Waals surface area (Å²) >= 11 is 5.89. The smallest absolute Gasteiger partial charge is 0.0640 e. The van der Waals surface area contributed by atoms with Crippen LogP contribution >= 0.6 is 11.6 Å². The van der Waals surface area contributed by atoms with Crippen molar-refractivity contribution >= 4 is 17.3 Å². The quantitative estimate of drug-likeness (QED) is 0.856. The average molecular weight is 252 g/mol. The van der Waals surface area contributed by atoms with Crippen molar-refractivity contribution in [3.8, 4) is 0 Å². The third-order valence-corrected chi connectivity index (χ3v) is 2.57. The van der Waals surface area contributed by atoms with Crippen molar-refractivity contribution in [2.75, 3.05) is 11.9 Å². The molecule has 2 N–H and O–H groups in total. The molecule has 0 saturated carbocycles. The molecule has 0 aliphatic heterocycles. The van der Waals surface area contributed by atoms with Gasteiger partial charge in [0.05, 0.1) is 19.3 Å². The molecule has 0 fully saturated rings. The van der Waals surface area contributed by atoms with Gasteiger partial charge in [-0.3, -0.25) is 4.68 Å². The number of nitrogens with one attached hydrogen (secondary N) is 1. The van der Waals surface area contributed by atoms with E-state index in [0.29, 0.717) is 18.1 Å². The maximum Gasteiger partial charge on any atom is 0.0640 e. The highest BCUT2D eigenvalue weighted by molar-refractivity contribution is 6.30. The number of benzene rings is 1. The van der Waals surface area contributed by atoms with E-state index in [0.717, 1.165) is 11.3 Å². The van der Waals surface area contributed by atoms with Crippen molar-refractivity contribution in [1.82, 2.24) is 9.78 Å². The summed E-state index contributed by atoms with van der Waals surface area (Å²) in [6, 6.07) is 7.58. The fourth-order valence-electron chi connectivity index (χ4n) is 1.52. The number of hydrogen-bond acceptors (Lipinski definition) is 3. The van der Waals surface area contributed by atoms with Crippen LogP contribution in [0.25, 0.3) is 0 Å². The predicted octanol–water partition coefficient (Wildman–Crippen LogP) is 2.14. The van der Waals surface area contributed by atoms with E-state index in [9.17, 15) is 0 Å². The van der Waals surface area contributed by atoms with Gasteiger partial charge in [-0.05, 0) is 18.2 Å². The zero-order valence-corrected chi connectivity index (χ0v) is 10.1. The van der Waals surface area contributed by atoms with Crippen LogP contribution in [0.1, 0.15) is 5.56 Å². The number of rotatable bonds is 5. The molecule has 0 atom stereocenters. The molecule has 0 radical (unpaired) electrons. The van der Waals surface area contributed by atoms with Crippen molar-refractivity contribution < 1.29 is 5.11 Å². The second-order valence-corrected chi connectivity index (χ2v) is 4.14. The predicted molar refractivity (Wildman–Crippen MR) is 68.1 cm³/mol. The normalized spacial score (nSPS) is 10.5. The van der Waals surface area contributed by atoms with Gasteiger partial charge in [0.1, 0.15) is 0 Å². The lowest BCUT2D eigenvalue weighted by atomic mass is 10.3. The van der Waals surface area contributed by atoms with Crippen LogP contribution in [0.15, 0.2) is 36.7 Å². The number of hydrogen-bond donors (Lipinski definition) is 2. The van der Waals surface area contributed by atoms with Gasteiger partial charge >= 0.3 is 0 Å². The van der Waals surface area contributed by atoms with E-state index >= 15 is 0 Å². The van der Waals surface area contributed by atoms with Crippen molar-refractivity contribution in [1.29, 1.82) is 0 Å². The first-order chi connectivity index (χ1) is 8.28. The second-order valence-electron chi connectivity index (χ2n) is 3.70.